The van der Waals surface area contributed by atoms with Crippen molar-refractivity contribution in [2.75, 3.05) is 13.7 Å². The summed E-state index contributed by atoms with van der Waals surface area (Å²) in [6.07, 6.45) is 5.95. The highest BCUT2D eigenvalue weighted by Crippen LogP contribution is 2.51. The fraction of sp³-hybridized carbons (Fsp3) is 0.647. The lowest BCUT2D eigenvalue weighted by molar-refractivity contribution is -0.0849. The second-order valence-corrected chi connectivity index (χ2v) is 6.29. The van der Waals surface area contributed by atoms with Gasteiger partial charge in [-0.1, -0.05) is 31.7 Å². The van der Waals surface area contributed by atoms with E-state index >= 15 is 0 Å². The molecule has 0 aliphatic heterocycles. The van der Waals surface area contributed by atoms with Crippen LogP contribution in [0, 0.1) is 11.2 Å². The van der Waals surface area contributed by atoms with E-state index in [4.69, 9.17) is 10.5 Å². The third-order valence-corrected chi connectivity index (χ3v) is 5.17. The summed E-state index contributed by atoms with van der Waals surface area (Å²) in [6, 6.07) is 4.65. The van der Waals surface area contributed by atoms with Gasteiger partial charge in [0.2, 0.25) is 0 Å². The lowest BCUT2D eigenvalue weighted by atomic mass is 9.64. The molecule has 0 aromatic heterocycles. The second kappa shape index (κ2) is 6.32. The maximum absolute atomic E-state index is 14.4. The number of halogens is 1. The zero-order valence-electron chi connectivity index (χ0n) is 13.0. The Morgan fingerprint density at radius 3 is 2.43 bits per heavy atom. The molecule has 1 aromatic rings. The molecular formula is C17H26FNO2. The molecule has 1 aromatic carbocycles. The Morgan fingerprint density at radius 1 is 1.29 bits per heavy atom. The molecule has 1 aliphatic carbocycles. The van der Waals surface area contributed by atoms with Gasteiger partial charge in [-0.05, 0) is 31.9 Å². The van der Waals surface area contributed by atoms with Gasteiger partial charge in [0.05, 0.1) is 12.7 Å². The standard InChI is InChI=1S/C17H26FNO2/c1-16(20,15-13(18)8-7-9-14(15)21-2)17(12-19)10-5-3-4-6-11-17/h7-9,20H,3-6,10-12,19H2,1-2H3. The number of methoxy groups -OCH3 is 1. The zero-order valence-corrected chi connectivity index (χ0v) is 13.0. The van der Waals surface area contributed by atoms with E-state index in [2.05, 4.69) is 0 Å². The molecule has 1 unspecified atom stereocenters. The molecule has 4 heteroatoms. The van der Waals surface area contributed by atoms with Gasteiger partial charge in [0.1, 0.15) is 17.2 Å². The van der Waals surface area contributed by atoms with E-state index in [0.717, 1.165) is 38.5 Å². The number of nitrogens with two attached hydrogens (primary N) is 1. The predicted molar refractivity (Wildman–Crippen MR) is 81.7 cm³/mol. The van der Waals surface area contributed by atoms with Crippen molar-refractivity contribution in [2.45, 2.75) is 51.0 Å². The van der Waals surface area contributed by atoms with Crippen molar-refractivity contribution in [2.24, 2.45) is 11.1 Å². The zero-order chi connectivity index (χ0) is 15.5. The van der Waals surface area contributed by atoms with Gasteiger partial charge >= 0.3 is 0 Å². The van der Waals surface area contributed by atoms with Gasteiger partial charge in [-0.2, -0.15) is 0 Å². The van der Waals surface area contributed by atoms with E-state index in [-0.39, 0.29) is 5.56 Å². The van der Waals surface area contributed by atoms with Crippen LogP contribution in [0.1, 0.15) is 51.0 Å². The Balaban J connectivity index is 2.53. The maximum Gasteiger partial charge on any atom is 0.133 e. The summed E-state index contributed by atoms with van der Waals surface area (Å²) in [4.78, 5) is 0. The van der Waals surface area contributed by atoms with Crippen molar-refractivity contribution < 1.29 is 14.2 Å². The predicted octanol–water partition coefficient (Wildman–Crippen LogP) is 3.34. The minimum atomic E-state index is -1.34. The second-order valence-electron chi connectivity index (χ2n) is 6.29. The Labute approximate surface area is 126 Å². The van der Waals surface area contributed by atoms with Crippen LogP contribution in [-0.2, 0) is 5.60 Å². The monoisotopic (exact) mass is 295 g/mol. The van der Waals surface area contributed by atoms with Crippen molar-refractivity contribution in [3.05, 3.63) is 29.6 Å². The van der Waals surface area contributed by atoms with Crippen LogP contribution in [0.3, 0.4) is 0 Å². The van der Waals surface area contributed by atoms with E-state index in [0.29, 0.717) is 12.3 Å². The Kier molecular flexibility index (Phi) is 4.89. The first-order valence-electron chi connectivity index (χ1n) is 7.74. The summed E-state index contributed by atoms with van der Waals surface area (Å²) in [6.45, 7) is 2.03. The largest absolute Gasteiger partial charge is 0.496 e. The molecule has 21 heavy (non-hydrogen) atoms. The average Bonchev–Trinajstić information content (AvgIpc) is 2.73. The molecule has 0 bridgehead atoms. The van der Waals surface area contributed by atoms with Gasteiger partial charge in [0.25, 0.3) is 0 Å². The molecule has 0 amide bonds. The quantitative estimate of drug-likeness (QED) is 0.838. The number of hydrogen-bond donors (Lipinski definition) is 2. The Morgan fingerprint density at radius 2 is 1.90 bits per heavy atom. The molecule has 3 nitrogen and oxygen atoms in total. The smallest absolute Gasteiger partial charge is 0.133 e. The van der Waals surface area contributed by atoms with Crippen LogP contribution in [0.2, 0.25) is 0 Å². The highest BCUT2D eigenvalue weighted by atomic mass is 19.1. The van der Waals surface area contributed by atoms with E-state index in [1.165, 1.54) is 13.2 Å². The number of aliphatic hydroxyl groups is 1. The first kappa shape index (κ1) is 16.2. The molecule has 0 spiro atoms. The third kappa shape index (κ3) is 2.79. The number of hydrogen-bond acceptors (Lipinski definition) is 3. The summed E-state index contributed by atoms with van der Waals surface area (Å²) in [5.74, 6) is -0.0477. The molecule has 118 valence electrons. The summed E-state index contributed by atoms with van der Waals surface area (Å²) in [5, 5.41) is 11.3. The lowest BCUT2D eigenvalue weighted by Gasteiger charge is -2.45. The molecule has 1 saturated carbocycles. The van der Waals surface area contributed by atoms with Crippen molar-refractivity contribution in [1.29, 1.82) is 0 Å². The number of benzene rings is 1. The van der Waals surface area contributed by atoms with Crippen molar-refractivity contribution in [3.63, 3.8) is 0 Å². The van der Waals surface area contributed by atoms with Crippen molar-refractivity contribution >= 4 is 0 Å². The fourth-order valence-corrected chi connectivity index (χ4v) is 3.71. The molecule has 2 rings (SSSR count). The summed E-state index contributed by atoms with van der Waals surface area (Å²) in [5.41, 5.74) is 4.44. The SMILES string of the molecule is COc1cccc(F)c1C(C)(O)C1(CN)CCCCCC1. The topological polar surface area (TPSA) is 55.5 Å². The van der Waals surface area contributed by atoms with Crippen LogP contribution in [0.25, 0.3) is 0 Å². The van der Waals surface area contributed by atoms with E-state index in [1.807, 2.05) is 0 Å². The Hall–Kier alpha value is -1.13. The van der Waals surface area contributed by atoms with Crippen LogP contribution in [0.4, 0.5) is 4.39 Å². The van der Waals surface area contributed by atoms with Gasteiger partial charge in [0.15, 0.2) is 0 Å². The van der Waals surface area contributed by atoms with E-state index in [9.17, 15) is 9.50 Å². The highest BCUT2D eigenvalue weighted by molar-refractivity contribution is 5.40. The normalized spacial score (nSPS) is 21.4. The summed E-state index contributed by atoms with van der Waals surface area (Å²) >= 11 is 0. The van der Waals surface area contributed by atoms with Gasteiger partial charge in [0, 0.05) is 12.0 Å². The summed E-state index contributed by atoms with van der Waals surface area (Å²) in [7, 11) is 1.50. The van der Waals surface area contributed by atoms with Crippen LogP contribution < -0.4 is 10.5 Å². The first-order chi connectivity index (χ1) is 9.98. The van der Waals surface area contributed by atoms with Gasteiger partial charge < -0.3 is 15.6 Å². The summed E-state index contributed by atoms with van der Waals surface area (Å²) < 4.78 is 19.7. The molecule has 0 radical (unpaired) electrons. The molecule has 1 fully saturated rings. The van der Waals surface area contributed by atoms with E-state index < -0.39 is 16.8 Å². The van der Waals surface area contributed by atoms with Gasteiger partial charge in [-0.3, -0.25) is 0 Å². The minimum Gasteiger partial charge on any atom is -0.496 e. The van der Waals surface area contributed by atoms with Gasteiger partial charge in [-0.25, -0.2) is 4.39 Å². The van der Waals surface area contributed by atoms with E-state index in [1.54, 1.807) is 19.1 Å². The van der Waals surface area contributed by atoms with Crippen molar-refractivity contribution in [3.8, 4) is 5.75 Å². The minimum absolute atomic E-state index is 0.236. The number of ether oxygens (including phenoxy) is 1. The molecule has 1 aliphatic rings. The maximum atomic E-state index is 14.4. The third-order valence-electron chi connectivity index (χ3n) is 5.17. The first-order valence-corrected chi connectivity index (χ1v) is 7.74. The van der Waals surface area contributed by atoms with Crippen LogP contribution in [0.5, 0.6) is 5.75 Å². The lowest BCUT2D eigenvalue weighted by Crippen LogP contribution is -2.49. The molecule has 0 saturated heterocycles. The van der Waals surface area contributed by atoms with Crippen LogP contribution in [-0.4, -0.2) is 18.8 Å². The average molecular weight is 295 g/mol. The highest BCUT2D eigenvalue weighted by Gasteiger charge is 2.49. The number of rotatable bonds is 4. The Bertz CT molecular complexity index is 480. The molecule has 0 heterocycles. The molecule has 1 atom stereocenters. The van der Waals surface area contributed by atoms with Gasteiger partial charge in [-0.15, -0.1) is 0 Å². The molecular weight excluding hydrogens is 269 g/mol. The van der Waals surface area contributed by atoms with Crippen LogP contribution >= 0.6 is 0 Å². The van der Waals surface area contributed by atoms with Crippen LogP contribution in [0.15, 0.2) is 18.2 Å². The molecule has 3 N–H and O–H groups in total. The fourth-order valence-electron chi connectivity index (χ4n) is 3.71. The van der Waals surface area contributed by atoms with Crippen molar-refractivity contribution in [1.82, 2.24) is 0 Å².